The molecule has 1 aromatic heterocycles. The van der Waals surface area contributed by atoms with Gasteiger partial charge in [-0.25, -0.2) is 18.2 Å². The summed E-state index contributed by atoms with van der Waals surface area (Å²) in [4.78, 5) is 60.1. The molecule has 1 aromatic rings. The van der Waals surface area contributed by atoms with E-state index in [0.29, 0.717) is 26.7 Å². The lowest BCUT2D eigenvalue weighted by molar-refractivity contribution is -0.222. The van der Waals surface area contributed by atoms with Crippen molar-refractivity contribution < 1.29 is 63.8 Å². The van der Waals surface area contributed by atoms with Crippen LogP contribution in [0.1, 0.15) is 85.1 Å². The van der Waals surface area contributed by atoms with E-state index in [-0.39, 0.29) is 36.5 Å². The van der Waals surface area contributed by atoms with E-state index in [9.17, 15) is 59.0 Å². The lowest BCUT2D eigenvalue weighted by atomic mass is 9.85. The van der Waals surface area contributed by atoms with Gasteiger partial charge in [0.1, 0.15) is 34.8 Å². The zero-order valence-corrected chi connectivity index (χ0v) is 32.7. The Kier molecular flexibility index (Phi) is 11.5. The third kappa shape index (κ3) is 8.27. The van der Waals surface area contributed by atoms with E-state index in [1.54, 1.807) is 19.1 Å². The van der Waals surface area contributed by atoms with Crippen LogP contribution in [0.4, 0.5) is 31.1 Å². The molecule has 3 fully saturated rings. The highest BCUT2D eigenvalue weighted by Gasteiger charge is 2.64. The maximum absolute atomic E-state index is 14.8. The molecule has 4 amide bonds. The monoisotopic (exact) mass is 843 g/mol. The third-order valence-electron chi connectivity index (χ3n) is 11.4. The van der Waals surface area contributed by atoms with Gasteiger partial charge in [-0.2, -0.15) is 26.3 Å². The van der Waals surface area contributed by atoms with E-state index in [1.807, 2.05) is 0 Å². The second kappa shape index (κ2) is 14.8. The first-order chi connectivity index (χ1) is 25.7. The first-order valence-corrected chi connectivity index (χ1v) is 19.9. The summed E-state index contributed by atoms with van der Waals surface area (Å²) in [5.41, 5.74) is -6.49. The Morgan fingerprint density at radius 1 is 1.12 bits per heavy atom. The quantitative estimate of drug-likeness (QED) is 0.231. The van der Waals surface area contributed by atoms with Crippen molar-refractivity contribution in [2.75, 3.05) is 6.54 Å². The number of nitrogens with zero attached hydrogens (tertiary/aromatic N) is 3. The molecule has 13 nitrogen and oxygen atoms in total. The lowest BCUT2D eigenvalue weighted by Crippen LogP contribution is -2.66. The smallest absolute Gasteiger partial charge is 0.423 e. The van der Waals surface area contributed by atoms with Crippen LogP contribution in [0.25, 0.3) is 0 Å². The molecule has 4 aliphatic rings. The summed E-state index contributed by atoms with van der Waals surface area (Å²) in [6.07, 6.45) is -8.85. The molecule has 56 heavy (non-hydrogen) atoms. The first kappa shape index (κ1) is 43.3. The number of amides is 4. The molecule has 1 saturated heterocycles. The molecular weight excluding hydrogens is 800 g/mol. The van der Waals surface area contributed by atoms with Crippen LogP contribution >= 0.6 is 11.6 Å². The third-order valence-corrected chi connectivity index (χ3v) is 13.9. The van der Waals surface area contributed by atoms with Gasteiger partial charge in [0.25, 0.3) is 5.91 Å². The summed E-state index contributed by atoms with van der Waals surface area (Å²) in [5.74, 6) is -6.57. The van der Waals surface area contributed by atoms with Crippen LogP contribution < -0.4 is 14.8 Å². The van der Waals surface area contributed by atoms with Crippen LogP contribution in [0.2, 0.25) is 5.02 Å². The van der Waals surface area contributed by atoms with Gasteiger partial charge in [-0.3, -0.25) is 24.0 Å². The summed E-state index contributed by atoms with van der Waals surface area (Å²) in [6, 6.07) is -2.97. The van der Waals surface area contributed by atoms with E-state index in [0.717, 1.165) is 17.2 Å². The summed E-state index contributed by atoms with van der Waals surface area (Å²) in [6.45, 7) is 5.04. The number of ether oxygens (including phenoxy) is 1. The van der Waals surface area contributed by atoms with Crippen LogP contribution in [0.3, 0.4) is 0 Å². The molecule has 7 atom stereocenters. The molecular formula is C35H44ClF6N5O8S. The van der Waals surface area contributed by atoms with Crippen molar-refractivity contribution in [1.29, 1.82) is 0 Å². The minimum absolute atomic E-state index is 0.0106. The number of carboxylic acid groups (broad SMARTS) is 1. The number of fused-ring (bicyclic) bond motifs is 2. The van der Waals surface area contributed by atoms with Crippen molar-refractivity contribution in [2.45, 2.75) is 126 Å². The molecule has 2 aliphatic heterocycles. The highest BCUT2D eigenvalue weighted by atomic mass is 35.5. The highest BCUT2D eigenvalue weighted by molar-refractivity contribution is 7.91. The van der Waals surface area contributed by atoms with Gasteiger partial charge in [-0.1, -0.05) is 37.6 Å². The summed E-state index contributed by atoms with van der Waals surface area (Å²) in [7, 11) is -4.21. The molecule has 0 unspecified atom stereocenters. The van der Waals surface area contributed by atoms with Gasteiger partial charge in [-0.05, 0) is 77.2 Å². The van der Waals surface area contributed by atoms with Gasteiger partial charge in [0.2, 0.25) is 27.7 Å². The number of aromatic nitrogens is 1. The highest BCUT2D eigenvalue weighted by Crippen LogP contribution is 2.48. The van der Waals surface area contributed by atoms with E-state index in [2.05, 4.69) is 15.0 Å². The largest absolute Gasteiger partial charge is 0.472 e. The number of hydrogen-bond donors (Lipinski definition) is 3. The fraction of sp³-hybridized carbons (Fsp3) is 0.686. The zero-order valence-electron chi connectivity index (χ0n) is 31.1. The molecule has 312 valence electrons. The van der Waals surface area contributed by atoms with Crippen LogP contribution in [0.5, 0.6) is 5.88 Å². The molecule has 2 aliphatic carbocycles. The minimum atomic E-state index is -5.20. The maximum atomic E-state index is 14.8. The number of carbonyl (C=O) groups is 4. The number of hydrogen-bond acceptors (Lipinski definition) is 8. The molecule has 21 heteroatoms. The summed E-state index contributed by atoms with van der Waals surface area (Å²) >= 11 is 5.84. The standard InChI is InChI=1S/C35H44ClF6N5O8S/c1-18-8-6-7-9-20-16-33(20,29(50)45-56(53,54)32(5)11-12-32)44-26(48)23-15-21(55-27-24(34(37,38)39)22(36)10-13-43-27)17-46(23)28(49)25(19(2)14-18)47(30(51)52)31(3,4)35(40,41)42/h7,9-10,13,18-21,23,25H,6,8,11-12,14-17H2,1-5H3,(H,44,48)(H,45,50)(H,51,52)/b9-7-/t18-,19-,20-,21-,23+,25+,33-/m1/s1. The van der Waals surface area contributed by atoms with Gasteiger partial charge in [-0.15, -0.1) is 0 Å². The molecule has 3 N–H and O–H groups in total. The Bertz CT molecular complexity index is 1890. The summed E-state index contributed by atoms with van der Waals surface area (Å²) in [5, 5.41) is 12.1. The number of alkyl halides is 6. The van der Waals surface area contributed by atoms with Gasteiger partial charge in [0.05, 0.1) is 16.3 Å². The molecule has 0 radical (unpaired) electrons. The van der Waals surface area contributed by atoms with Crippen LogP contribution in [0, 0.1) is 17.8 Å². The number of rotatable bonds is 7. The fourth-order valence-corrected chi connectivity index (χ4v) is 9.06. The van der Waals surface area contributed by atoms with Crippen molar-refractivity contribution in [2.24, 2.45) is 17.8 Å². The van der Waals surface area contributed by atoms with Gasteiger partial charge >= 0.3 is 18.4 Å². The van der Waals surface area contributed by atoms with E-state index in [4.69, 9.17) is 16.3 Å². The van der Waals surface area contributed by atoms with Crippen molar-refractivity contribution in [3.63, 3.8) is 0 Å². The Hall–Kier alpha value is -3.81. The van der Waals surface area contributed by atoms with E-state index in [1.165, 1.54) is 13.8 Å². The molecule has 0 bridgehead atoms. The Morgan fingerprint density at radius 3 is 2.34 bits per heavy atom. The minimum Gasteiger partial charge on any atom is -0.472 e. The summed E-state index contributed by atoms with van der Waals surface area (Å²) < 4.78 is 119. The zero-order chi connectivity index (χ0) is 42.0. The van der Waals surface area contributed by atoms with Gasteiger partial charge in [0.15, 0.2) is 0 Å². The number of sulfonamides is 1. The second-order valence-corrected chi connectivity index (χ2v) is 18.7. The number of pyridine rings is 1. The molecule has 5 rings (SSSR count). The Balaban J connectivity index is 1.61. The molecule has 3 heterocycles. The molecule has 2 saturated carbocycles. The average molecular weight is 844 g/mol. The SMILES string of the molecule is C[C@@H]1CC/C=C\[C@@H]2C[C@@]2(C(=O)NS(=O)(=O)C2(C)CC2)NC(=O)[C@@H]2C[C@@H](Oc3nccc(Cl)c3C(F)(F)F)CN2C(=O)[C@@H](N(C(=O)O)C(C)(C)C(F)(F)F)[C@H](C)C1. The lowest BCUT2D eigenvalue weighted by Gasteiger charge is -2.45. The predicted molar refractivity (Wildman–Crippen MR) is 188 cm³/mol. The number of halogens is 7. The Morgan fingerprint density at radius 2 is 1.77 bits per heavy atom. The van der Waals surface area contributed by atoms with Crippen molar-refractivity contribution >= 4 is 45.4 Å². The van der Waals surface area contributed by atoms with Gasteiger partial charge in [0, 0.05) is 18.5 Å². The number of allylic oxidation sites excluding steroid dienone is 1. The molecule has 0 spiro atoms. The normalized spacial score (nSPS) is 30.5. The van der Waals surface area contributed by atoms with Crippen LogP contribution in [-0.2, 0) is 30.6 Å². The average Bonchev–Trinajstić information content (AvgIpc) is 3.93. The topological polar surface area (TPSA) is 175 Å². The second-order valence-electron chi connectivity index (χ2n) is 16.1. The maximum Gasteiger partial charge on any atom is 0.423 e. The van der Waals surface area contributed by atoms with E-state index >= 15 is 0 Å². The first-order valence-electron chi connectivity index (χ1n) is 18.0. The number of nitrogens with one attached hydrogen (secondary N) is 2. The van der Waals surface area contributed by atoms with Crippen molar-refractivity contribution in [3.05, 3.63) is 35.0 Å². The molecule has 0 aromatic carbocycles. The van der Waals surface area contributed by atoms with Crippen LogP contribution in [-0.4, -0.2) is 98.9 Å². The number of carbonyl (C=O) groups excluding carboxylic acids is 3. The van der Waals surface area contributed by atoms with E-state index < -0.39 is 121 Å². The Labute approximate surface area is 324 Å². The van der Waals surface area contributed by atoms with Crippen molar-refractivity contribution in [3.8, 4) is 5.88 Å². The predicted octanol–water partition coefficient (Wildman–Crippen LogP) is 5.68. The fourth-order valence-electron chi connectivity index (χ4n) is 7.51. The van der Waals surface area contributed by atoms with Gasteiger partial charge < -0.3 is 20.1 Å². The van der Waals surface area contributed by atoms with Crippen LogP contribution in [0.15, 0.2) is 24.4 Å². The van der Waals surface area contributed by atoms with Crippen molar-refractivity contribution in [1.82, 2.24) is 24.8 Å².